The number of anilines is 2. The fourth-order valence-electron chi connectivity index (χ4n) is 3.73. The molecule has 6 heteroatoms. The Morgan fingerprint density at radius 2 is 1.63 bits per heavy atom. The topological polar surface area (TPSA) is 48.4 Å². The number of piperidine rings is 1. The van der Waals surface area contributed by atoms with Gasteiger partial charge in [0.25, 0.3) is 0 Å². The maximum atomic E-state index is 4.79. The van der Waals surface area contributed by atoms with Crippen LogP contribution < -0.4 is 9.80 Å². The normalized spacial score (nSPS) is 19.0. The highest BCUT2D eigenvalue weighted by Gasteiger charge is 2.20. The second-order valence-electron chi connectivity index (χ2n) is 7.26. The lowest BCUT2D eigenvalue weighted by Gasteiger charge is -2.34. The zero-order valence-electron chi connectivity index (χ0n) is 15.9. The summed E-state index contributed by atoms with van der Waals surface area (Å²) in [5.41, 5.74) is 1.25. The van der Waals surface area contributed by atoms with Crippen LogP contribution in [0, 0.1) is 0 Å². The van der Waals surface area contributed by atoms with Gasteiger partial charge in [0.05, 0.1) is 6.20 Å². The van der Waals surface area contributed by atoms with Gasteiger partial charge in [-0.25, -0.2) is 0 Å². The average molecular weight is 364 g/mol. The van der Waals surface area contributed by atoms with Gasteiger partial charge in [-0.05, 0) is 24.8 Å². The fraction of sp³-hybridized carbons (Fsp3) is 0.476. The van der Waals surface area contributed by atoms with E-state index >= 15 is 0 Å². The third-order valence-electron chi connectivity index (χ3n) is 5.34. The predicted octanol–water partition coefficient (Wildman–Crippen LogP) is 2.70. The van der Waals surface area contributed by atoms with Crippen molar-refractivity contribution in [2.75, 3.05) is 55.6 Å². The zero-order chi connectivity index (χ0) is 18.3. The van der Waals surface area contributed by atoms with Crippen molar-refractivity contribution < 1.29 is 0 Å². The van der Waals surface area contributed by atoms with E-state index in [2.05, 4.69) is 61.3 Å². The molecule has 6 nitrogen and oxygen atoms in total. The number of nitrogens with zero attached hydrogens (tertiary/aromatic N) is 6. The van der Waals surface area contributed by atoms with Crippen LogP contribution in [0.4, 0.5) is 11.8 Å². The largest absolute Gasteiger partial charge is 0.355 e. The molecular formula is C21H28N6. The van der Waals surface area contributed by atoms with Crippen molar-refractivity contribution in [2.24, 2.45) is 0 Å². The van der Waals surface area contributed by atoms with Crippen LogP contribution in [0.5, 0.6) is 0 Å². The van der Waals surface area contributed by atoms with Crippen molar-refractivity contribution in [2.45, 2.75) is 19.3 Å². The smallest absolute Gasteiger partial charge is 0.247 e. The quantitative estimate of drug-likeness (QED) is 0.813. The first-order valence-corrected chi connectivity index (χ1v) is 10.0. The molecule has 4 rings (SSSR count). The monoisotopic (exact) mass is 364 g/mol. The van der Waals surface area contributed by atoms with E-state index in [-0.39, 0.29) is 0 Å². The summed E-state index contributed by atoms with van der Waals surface area (Å²) in [7, 11) is 0. The lowest BCUT2D eigenvalue weighted by atomic mass is 10.1. The molecule has 0 bridgehead atoms. The number of hydrogen-bond donors (Lipinski definition) is 0. The standard InChI is InChI=1S/C21H28N6/c1-3-8-19(9-4-1)10-7-11-25-14-16-27(17-15-25)21-23-20(18-22-24-21)26-12-5-2-6-13-26/h1,3-4,7-10,18H,2,5-6,11-17H2/b10-7+. The van der Waals surface area contributed by atoms with Crippen molar-refractivity contribution in [1.82, 2.24) is 20.1 Å². The number of hydrogen-bond acceptors (Lipinski definition) is 6. The summed E-state index contributed by atoms with van der Waals surface area (Å²) in [5.74, 6) is 1.76. The van der Waals surface area contributed by atoms with Crippen molar-refractivity contribution in [1.29, 1.82) is 0 Å². The van der Waals surface area contributed by atoms with Crippen molar-refractivity contribution in [3.8, 4) is 0 Å². The van der Waals surface area contributed by atoms with Gasteiger partial charge in [0.2, 0.25) is 5.95 Å². The molecule has 0 radical (unpaired) electrons. The molecule has 0 aliphatic carbocycles. The Bertz CT molecular complexity index is 733. The Labute approximate surface area is 161 Å². The van der Waals surface area contributed by atoms with Crippen molar-refractivity contribution in [3.63, 3.8) is 0 Å². The first-order valence-electron chi connectivity index (χ1n) is 10.0. The average Bonchev–Trinajstić information content (AvgIpc) is 2.76. The van der Waals surface area contributed by atoms with Gasteiger partial charge in [0.1, 0.15) is 0 Å². The third kappa shape index (κ3) is 4.83. The summed E-state index contributed by atoms with van der Waals surface area (Å²) in [6.07, 6.45) is 10.1. The molecule has 0 N–H and O–H groups in total. The summed E-state index contributed by atoms with van der Waals surface area (Å²) in [6, 6.07) is 10.5. The molecule has 142 valence electrons. The summed E-state index contributed by atoms with van der Waals surface area (Å²) in [4.78, 5) is 11.9. The van der Waals surface area contributed by atoms with E-state index in [9.17, 15) is 0 Å². The number of rotatable bonds is 5. The van der Waals surface area contributed by atoms with Crippen LogP contribution in [0.25, 0.3) is 6.08 Å². The van der Waals surface area contributed by atoms with Crippen LogP contribution in [0.2, 0.25) is 0 Å². The first kappa shape index (κ1) is 17.9. The number of aromatic nitrogens is 3. The van der Waals surface area contributed by atoms with E-state index < -0.39 is 0 Å². The Morgan fingerprint density at radius 1 is 0.852 bits per heavy atom. The molecule has 2 saturated heterocycles. The minimum absolute atomic E-state index is 0.776. The van der Waals surface area contributed by atoms with Gasteiger partial charge in [-0.3, -0.25) is 4.90 Å². The molecule has 1 aromatic carbocycles. The van der Waals surface area contributed by atoms with E-state index in [0.29, 0.717) is 0 Å². The summed E-state index contributed by atoms with van der Waals surface area (Å²) in [6.45, 7) is 7.09. The fourth-order valence-corrected chi connectivity index (χ4v) is 3.73. The van der Waals surface area contributed by atoms with Gasteiger partial charge < -0.3 is 9.80 Å². The number of benzene rings is 1. The van der Waals surface area contributed by atoms with Crippen LogP contribution >= 0.6 is 0 Å². The van der Waals surface area contributed by atoms with E-state index in [1.807, 2.05) is 6.07 Å². The molecule has 0 unspecified atom stereocenters. The molecule has 0 amide bonds. The highest BCUT2D eigenvalue weighted by molar-refractivity contribution is 5.48. The van der Waals surface area contributed by atoms with Crippen molar-refractivity contribution >= 4 is 17.8 Å². The maximum Gasteiger partial charge on any atom is 0.247 e. The molecule has 2 fully saturated rings. The van der Waals surface area contributed by atoms with Crippen molar-refractivity contribution in [3.05, 3.63) is 48.2 Å². The Morgan fingerprint density at radius 3 is 2.41 bits per heavy atom. The van der Waals surface area contributed by atoms with Gasteiger partial charge in [-0.1, -0.05) is 42.5 Å². The van der Waals surface area contributed by atoms with Gasteiger partial charge in [-0.15, -0.1) is 5.10 Å². The SMILES string of the molecule is C(=C\c1ccccc1)/CN1CCN(c2nncc(N3CCCCC3)n2)CC1. The van der Waals surface area contributed by atoms with Crippen LogP contribution in [0.1, 0.15) is 24.8 Å². The minimum Gasteiger partial charge on any atom is -0.355 e. The van der Waals surface area contributed by atoms with E-state index in [1.165, 1.54) is 24.8 Å². The molecule has 2 aromatic rings. The number of piperazine rings is 1. The van der Waals surface area contributed by atoms with Gasteiger partial charge in [0.15, 0.2) is 5.82 Å². The molecule has 2 aliphatic heterocycles. The molecule has 27 heavy (non-hydrogen) atoms. The molecular weight excluding hydrogens is 336 g/mol. The molecule has 0 saturated carbocycles. The van der Waals surface area contributed by atoms with E-state index in [4.69, 9.17) is 4.98 Å². The van der Waals surface area contributed by atoms with E-state index in [1.54, 1.807) is 6.20 Å². The summed E-state index contributed by atoms with van der Waals surface area (Å²) in [5, 5.41) is 8.51. The Balaban J connectivity index is 1.29. The van der Waals surface area contributed by atoms with Crippen LogP contribution in [0.3, 0.4) is 0 Å². The lowest BCUT2D eigenvalue weighted by Crippen LogP contribution is -2.47. The molecule has 0 spiro atoms. The molecule has 3 heterocycles. The second-order valence-corrected chi connectivity index (χ2v) is 7.26. The highest BCUT2D eigenvalue weighted by Crippen LogP contribution is 2.19. The molecule has 0 atom stereocenters. The van der Waals surface area contributed by atoms with E-state index in [0.717, 1.165) is 57.6 Å². The minimum atomic E-state index is 0.776. The first-order chi connectivity index (χ1) is 13.4. The highest BCUT2D eigenvalue weighted by atomic mass is 15.4. The van der Waals surface area contributed by atoms with Crippen LogP contribution in [0.15, 0.2) is 42.6 Å². The predicted molar refractivity (Wildman–Crippen MR) is 110 cm³/mol. The lowest BCUT2D eigenvalue weighted by molar-refractivity contribution is 0.282. The Hall–Kier alpha value is -2.47. The molecule has 2 aliphatic rings. The third-order valence-corrected chi connectivity index (χ3v) is 5.34. The van der Waals surface area contributed by atoms with Gasteiger partial charge >= 0.3 is 0 Å². The second kappa shape index (κ2) is 8.95. The van der Waals surface area contributed by atoms with Crippen LogP contribution in [-0.2, 0) is 0 Å². The van der Waals surface area contributed by atoms with Gasteiger partial charge in [0, 0.05) is 45.8 Å². The maximum absolute atomic E-state index is 4.79. The Kier molecular flexibility index (Phi) is 5.94. The van der Waals surface area contributed by atoms with Crippen LogP contribution in [-0.4, -0.2) is 65.9 Å². The summed E-state index contributed by atoms with van der Waals surface area (Å²) < 4.78 is 0. The summed E-state index contributed by atoms with van der Waals surface area (Å²) >= 11 is 0. The van der Waals surface area contributed by atoms with Gasteiger partial charge in [-0.2, -0.15) is 10.1 Å². The zero-order valence-corrected chi connectivity index (χ0v) is 15.9. The molecule has 1 aromatic heterocycles.